The molecule has 1 heterocycles. The molecule has 1 aliphatic rings. The molecule has 26 heavy (non-hydrogen) atoms. The van der Waals surface area contributed by atoms with Crippen LogP contribution in [0.4, 0.5) is 0 Å². The van der Waals surface area contributed by atoms with E-state index in [1.165, 1.54) is 5.56 Å². The van der Waals surface area contributed by atoms with Crippen molar-refractivity contribution in [1.29, 1.82) is 0 Å². The van der Waals surface area contributed by atoms with Crippen LogP contribution in [0.15, 0.2) is 35.3 Å². The Balaban J connectivity index is 0.00000338. The minimum Gasteiger partial charge on any atom is -0.357 e. The number of carbonyl (C=O) groups excluding carboxylic acids is 1. The van der Waals surface area contributed by atoms with Gasteiger partial charge >= 0.3 is 0 Å². The first kappa shape index (κ1) is 22.7. The maximum Gasteiger partial charge on any atom is 0.220 e. The number of halogens is 1. The van der Waals surface area contributed by atoms with Crippen LogP contribution in [0.25, 0.3) is 0 Å². The van der Waals surface area contributed by atoms with Gasteiger partial charge in [0.15, 0.2) is 5.96 Å². The third-order valence-electron chi connectivity index (χ3n) is 5.23. The van der Waals surface area contributed by atoms with E-state index in [1.807, 2.05) is 0 Å². The molecular formula is C20H33IN4O. The normalized spacial score (nSPS) is 17.9. The monoisotopic (exact) mass is 472 g/mol. The van der Waals surface area contributed by atoms with Gasteiger partial charge in [-0.25, -0.2) is 0 Å². The number of nitrogens with zero attached hydrogens (tertiary/aromatic N) is 1. The number of rotatable bonds is 7. The van der Waals surface area contributed by atoms with Gasteiger partial charge < -0.3 is 16.0 Å². The first-order valence-corrected chi connectivity index (χ1v) is 9.50. The fraction of sp³-hybridized carbons (Fsp3) is 0.600. The third kappa shape index (κ3) is 6.14. The fourth-order valence-electron chi connectivity index (χ4n) is 3.36. The second kappa shape index (κ2) is 11.4. The van der Waals surface area contributed by atoms with E-state index in [0.29, 0.717) is 13.0 Å². The summed E-state index contributed by atoms with van der Waals surface area (Å²) in [6.07, 6.45) is 3.53. The Bertz CT molecular complexity index is 562. The fourth-order valence-corrected chi connectivity index (χ4v) is 3.36. The molecule has 1 aromatic carbocycles. The molecule has 1 saturated heterocycles. The lowest BCUT2D eigenvalue weighted by molar-refractivity contribution is -0.122. The molecule has 0 bridgehead atoms. The second-order valence-corrected chi connectivity index (χ2v) is 6.73. The van der Waals surface area contributed by atoms with E-state index in [1.54, 1.807) is 0 Å². The topological polar surface area (TPSA) is 65.5 Å². The number of guanidine groups is 1. The molecule has 1 aliphatic heterocycles. The largest absolute Gasteiger partial charge is 0.357 e. The summed E-state index contributed by atoms with van der Waals surface area (Å²) in [4.78, 5) is 16.2. The molecule has 1 unspecified atom stereocenters. The van der Waals surface area contributed by atoms with Crippen LogP contribution in [-0.4, -0.2) is 37.5 Å². The molecule has 0 radical (unpaired) electrons. The molecule has 1 amide bonds. The van der Waals surface area contributed by atoms with Gasteiger partial charge in [-0.05, 0) is 31.7 Å². The highest BCUT2D eigenvalue weighted by Gasteiger charge is 2.28. The molecule has 3 N–H and O–H groups in total. The molecule has 6 heteroatoms. The Kier molecular flexibility index (Phi) is 9.98. The number of nitrogens with one attached hydrogen (secondary N) is 3. The van der Waals surface area contributed by atoms with Crippen LogP contribution >= 0.6 is 24.0 Å². The van der Waals surface area contributed by atoms with Gasteiger partial charge in [-0.2, -0.15) is 0 Å². The number of hydrogen-bond acceptors (Lipinski definition) is 2. The highest BCUT2D eigenvalue weighted by atomic mass is 127. The zero-order valence-corrected chi connectivity index (χ0v) is 18.5. The summed E-state index contributed by atoms with van der Waals surface area (Å²) in [6, 6.07) is 10.9. The van der Waals surface area contributed by atoms with Crippen molar-refractivity contribution in [3.8, 4) is 0 Å². The van der Waals surface area contributed by atoms with E-state index >= 15 is 0 Å². The molecule has 2 rings (SSSR count). The molecule has 0 saturated carbocycles. The van der Waals surface area contributed by atoms with E-state index in [4.69, 9.17) is 4.99 Å². The van der Waals surface area contributed by atoms with E-state index in [0.717, 1.165) is 38.3 Å². The van der Waals surface area contributed by atoms with Crippen LogP contribution in [-0.2, 0) is 10.2 Å². The lowest BCUT2D eigenvalue weighted by Gasteiger charge is -2.31. The van der Waals surface area contributed by atoms with Crippen molar-refractivity contribution in [2.45, 2.75) is 57.9 Å². The summed E-state index contributed by atoms with van der Waals surface area (Å²) in [5, 5.41) is 9.73. The van der Waals surface area contributed by atoms with Gasteiger partial charge in [0, 0.05) is 31.0 Å². The quantitative estimate of drug-likeness (QED) is 0.325. The summed E-state index contributed by atoms with van der Waals surface area (Å²) in [6.45, 7) is 8.78. The number of carbonyl (C=O) groups is 1. The average molecular weight is 472 g/mol. The van der Waals surface area contributed by atoms with Gasteiger partial charge in [0.1, 0.15) is 0 Å². The smallest absolute Gasteiger partial charge is 0.220 e. The molecule has 0 aliphatic carbocycles. The van der Waals surface area contributed by atoms with Crippen molar-refractivity contribution < 1.29 is 4.79 Å². The van der Waals surface area contributed by atoms with Crippen molar-refractivity contribution in [2.75, 3.05) is 19.6 Å². The standard InChI is InChI=1S/C20H32N4O.HI/c1-4-20(5-2,16-10-8-7-9-11-16)15-23-19(21-6-3)24-17-12-13-18(25)22-14-17;/h7-11,17H,4-6,12-15H2,1-3H3,(H,22,25)(H2,21,23,24);1H. The van der Waals surface area contributed by atoms with Gasteiger partial charge in [0.2, 0.25) is 5.91 Å². The minimum atomic E-state index is 0. The van der Waals surface area contributed by atoms with Gasteiger partial charge in [0.25, 0.3) is 0 Å². The lowest BCUT2D eigenvalue weighted by atomic mass is 9.76. The van der Waals surface area contributed by atoms with E-state index in [9.17, 15) is 4.79 Å². The van der Waals surface area contributed by atoms with Gasteiger partial charge in [0.05, 0.1) is 6.54 Å². The number of benzene rings is 1. The summed E-state index contributed by atoms with van der Waals surface area (Å²) in [5.41, 5.74) is 1.41. The first-order valence-electron chi connectivity index (χ1n) is 9.50. The van der Waals surface area contributed by atoms with Crippen molar-refractivity contribution in [3.63, 3.8) is 0 Å². The van der Waals surface area contributed by atoms with Gasteiger partial charge in [-0.3, -0.25) is 9.79 Å². The van der Waals surface area contributed by atoms with E-state index in [-0.39, 0.29) is 41.3 Å². The molecular weight excluding hydrogens is 439 g/mol. The van der Waals surface area contributed by atoms with Crippen LogP contribution < -0.4 is 16.0 Å². The van der Waals surface area contributed by atoms with Crippen LogP contribution in [0.5, 0.6) is 0 Å². The van der Waals surface area contributed by atoms with Gasteiger partial charge in [-0.15, -0.1) is 24.0 Å². The average Bonchev–Trinajstić information content (AvgIpc) is 2.66. The maximum absolute atomic E-state index is 11.3. The van der Waals surface area contributed by atoms with Crippen molar-refractivity contribution >= 4 is 35.8 Å². The van der Waals surface area contributed by atoms with Crippen LogP contribution in [0.3, 0.4) is 0 Å². The molecule has 0 aromatic heterocycles. The Morgan fingerprint density at radius 3 is 2.46 bits per heavy atom. The van der Waals surface area contributed by atoms with Crippen LogP contribution in [0.2, 0.25) is 0 Å². The Labute approximate surface area is 174 Å². The molecule has 5 nitrogen and oxygen atoms in total. The number of amides is 1. The predicted molar refractivity (Wildman–Crippen MR) is 119 cm³/mol. The molecule has 1 aromatic rings. The summed E-state index contributed by atoms with van der Waals surface area (Å²) in [5.74, 6) is 0.978. The van der Waals surface area contributed by atoms with Crippen molar-refractivity contribution in [1.82, 2.24) is 16.0 Å². The zero-order chi connectivity index (χ0) is 18.1. The van der Waals surface area contributed by atoms with E-state index < -0.39 is 0 Å². The highest BCUT2D eigenvalue weighted by Crippen LogP contribution is 2.31. The molecule has 146 valence electrons. The Morgan fingerprint density at radius 2 is 1.92 bits per heavy atom. The first-order chi connectivity index (χ1) is 12.1. The summed E-state index contributed by atoms with van der Waals surface area (Å²) < 4.78 is 0. The number of piperidine rings is 1. The number of aliphatic imine (C=N–C) groups is 1. The summed E-state index contributed by atoms with van der Waals surface area (Å²) >= 11 is 0. The van der Waals surface area contributed by atoms with Gasteiger partial charge in [-0.1, -0.05) is 44.2 Å². The van der Waals surface area contributed by atoms with Crippen LogP contribution in [0, 0.1) is 0 Å². The Hall–Kier alpha value is -1.31. The molecule has 1 fully saturated rings. The Morgan fingerprint density at radius 1 is 1.23 bits per heavy atom. The highest BCUT2D eigenvalue weighted by molar-refractivity contribution is 14.0. The van der Waals surface area contributed by atoms with E-state index in [2.05, 4.69) is 67.1 Å². The van der Waals surface area contributed by atoms with Crippen molar-refractivity contribution in [3.05, 3.63) is 35.9 Å². The summed E-state index contributed by atoms with van der Waals surface area (Å²) in [7, 11) is 0. The lowest BCUT2D eigenvalue weighted by Crippen LogP contribution is -2.51. The predicted octanol–water partition coefficient (Wildman–Crippen LogP) is 3.20. The zero-order valence-electron chi connectivity index (χ0n) is 16.2. The van der Waals surface area contributed by atoms with Crippen molar-refractivity contribution in [2.24, 2.45) is 4.99 Å². The SMILES string of the molecule is CCNC(=NCC(CC)(CC)c1ccccc1)NC1CCC(=O)NC1.I. The maximum atomic E-state index is 11.3. The second-order valence-electron chi connectivity index (χ2n) is 6.73. The minimum absolute atomic E-state index is 0. The molecule has 1 atom stereocenters. The number of hydrogen-bond donors (Lipinski definition) is 3. The molecule has 0 spiro atoms. The third-order valence-corrected chi connectivity index (χ3v) is 5.23. The van der Waals surface area contributed by atoms with Crippen LogP contribution in [0.1, 0.15) is 52.0 Å².